The molecule has 0 bridgehead atoms. The molecule has 1 unspecified atom stereocenters. The summed E-state index contributed by atoms with van der Waals surface area (Å²) in [5.41, 5.74) is 1.44. The summed E-state index contributed by atoms with van der Waals surface area (Å²) in [6.07, 6.45) is 14.4. The van der Waals surface area contributed by atoms with E-state index in [0.29, 0.717) is 18.3 Å². The number of hydrogen-bond donors (Lipinski definition) is 3. The third kappa shape index (κ3) is 6.27. The van der Waals surface area contributed by atoms with Crippen molar-refractivity contribution in [2.24, 2.45) is 17.8 Å². The van der Waals surface area contributed by atoms with Gasteiger partial charge in [-0.1, -0.05) is 43.6 Å². The molecule has 4 nitrogen and oxygen atoms in total. The average molecular weight is 350 g/mol. The van der Waals surface area contributed by atoms with Crippen LogP contribution in [0.1, 0.15) is 71.1 Å². The Morgan fingerprint density at radius 2 is 2.16 bits per heavy atom. The van der Waals surface area contributed by atoms with Crippen molar-refractivity contribution in [1.82, 2.24) is 0 Å². The molecule has 3 N–H and O–H groups in total. The van der Waals surface area contributed by atoms with Crippen molar-refractivity contribution in [1.29, 1.82) is 0 Å². The predicted octanol–water partition coefficient (Wildman–Crippen LogP) is 4.07. The van der Waals surface area contributed by atoms with Gasteiger partial charge in [-0.25, -0.2) is 0 Å². The van der Waals surface area contributed by atoms with Crippen LogP contribution in [0.3, 0.4) is 0 Å². The molecule has 0 amide bonds. The summed E-state index contributed by atoms with van der Waals surface area (Å²) >= 11 is 0. The van der Waals surface area contributed by atoms with E-state index in [2.05, 4.69) is 25.2 Å². The van der Waals surface area contributed by atoms with E-state index in [0.717, 1.165) is 51.4 Å². The van der Waals surface area contributed by atoms with Gasteiger partial charge in [0.1, 0.15) is 0 Å². The van der Waals surface area contributed by atoms with Gasteiger partial charge in [-0.15, -0.1) is 0 Å². The summed E-state index contributed by atoms with van der Waals surface area (Å²) in [5.74, 6) is 0.417. The first-order chi connectivity index (χ1) is 12.0. The molecule has 0 aromatic heterocycles. The van der Waals surface area contributed by atoms with Crippen molar-refractivity contribution >= 4 is 5.97 Å². The van der Waals surface area contributed by atoms with Crippen LogP contribution in [0.4, 0.5) is 0 Å². The van der Waals surface area contributed by atoms with Gasteiger partial charge in [-0.2, -0.15) is 0 Å². The van der Waals surface area contributed by atoms with Crippen molar-refractivity contribution in [3.05, 3.63) is 23.8 Å². The van der Waals surface area contributed by atoms with Crippen molar-refractivity contribution in [3.63, 3.8) is 0 Å². The topological polar surface area (TPSA) is 77.8 Å². The van der Waals surface area contributed by atoms with Crippen LogP contribution in [-0.4, -0.2) is 33.5 Å². The number of aliphatic hydroxyl groups excluding tert-OH is 2. The maximum atomic E-state index is 10.6. The Bertz CT molecular complexity index is 482. The van der Waals surface area contributed by atoms with E-state index in [4.69, 9.17) is 5.11 Å². The predicted molar refractivity (Wildman–Crippen MR) is 99.2 cm³/mol. The third-order valence-electron chi connectivity index (χ3n) is 5.75. The summed E-state index contributed by atoms with van der Waals surface area (Å²) in [6, 6.07) is 0. The third-order valence-corrected chi connectivity index (χ3v) is 5.75. The van der Waals surface area contributed by atoms with Gasteiger partial charge in [-0.3, -0.25) is 4.79 Å². The molecule has 2 aliphatic rings. The molecule has 0 radical (unpaired) electrons. The molecule has 0 heterocycles. The molecule has 0 spiro atoms. The number of unbranched alkanes of at least 4 members (excludes halogenated alkanes) is 2. The minimum absolute atomic E-state index is 0.191. The van der Waals surface area contributed by atoms with Gasteiger partial charge in [0.2, 0.25) is 0 Å². The van der Waals surface area contributed by atoms with Crippen molar-refractivity contribution in [2.75, 3.05) is 0 Å². The van der Waals surface area contributed by atoms with Crippen molar-refractivity contribution in [3.8, 4) is 0 Å². The van der Waals surface area contributed by atoms with Gasteiger partial charge in [0, 0.05) is 12.3 Å². The van der Waals surface area contributed by atoms with Gasteiger partial charge < -0.3 is 15.3 Å². The van der Waals surface area contributed by atoms with Crippen LogP contribution in [0.2, 0.25) is 0 Å². The highest BCUT2D eigenvalue weighted by atomic mass is 16.4. The summed E-state index contributed by atoms with van der Waals surface area (Å²) < 4.78 is 0. The van der Waals surface area contributed by atoms with Crippen LogP contribution in [0.5, 0.6) is 0 Å². The minimum atomic E-state index is -0.716. The average Bonchev–Trinajstić information content (AvgIpc) is 3.07. The molecule has 5 atom stereocenters. The van der Waals surface area contributed by atoms with Gasteiger partial charge in [0.05, 0.1) is 12.2 Å². The number of rotatable bonds is 11. The summed E-state index contributed by atoms with van der Waals surface area (Å²) in [7, 11) is 0. The Hall–Kier alpha value is -1.13. The summed E-state index contributed by atoms with van der Waals surface area (Å²) in [5, 5.41) is 29.0. The van der Waals surface area contributed by atoms with Gasteiger partial charge in [-0.05, 0) is 56.8 Å². The van der Waals surface area contributed by atoms with Crippen LogP contribution < -0.4 is 0 Å². The first-order valence-electron chi connectivity index (χ1n) is 9.95. The van der Waals surface area contributed by atoms with Gasteiger partial charge in [0.15, 0.2) is 0 Å². The standard InChI is InChI=1S/C21H34O4/c1-2-3-8-17(22)9-6-10-18-19-13-15(7-4-5-11-21(24)25)12-16(19)14-20(18)23/h6,10,12,16-20,22-23H,2-5,7-9,11,13-14H2,1H3,(H,24,25)/b10-6+/t16-,17?,18-,19-,20+/m0/s1. The highest BCUT2D eigenvalue weighted by Crippen LogP contribution is 2.48. The molecule has 142 valence electrons. The second-order valence-corrected chi connectivity index (χ2v) is 7.80. The van der Waals surface area contributed by atoms with Gasteiger partial charge in [0.25, 0.3) is 0 Å². The number of fused-ring (bicyclic) bond motifs is 1. The fraction of sp³-hybridized carbons (Fsp3) is 0.762. The van der Waals surface area contributed by atoms with Crippen LogP contribution in [0.15, 0.2) is 23.8 Å². The lowest BCUT2D eigenvalue weighted by atomic mass is 9.88. The second kappa shape index (κ2) is 10.1. The normalized spacial score (nSPS) is 29.8. The molecule has 0 aromatic carbocycles. The molecule has 4 heteroatoms. The second-order valence-electron chi connectivity index (χ2n) is 7.80. The van der Waals surface area contributed by atoms with E-state index >= 15 is 0 Å². The van der Waals surface area contributed by atoms with E-state index in [9.17, 15) is 15.0 Å². The fourth-order valence-electron chi connectivity index (χ4n) is 4.37. The molecule has 0 aliphatic heterocycles. The lowest BCUT2D eigenvalue weighted by Crippen LogP contribution is -2.17. The molecule has 25 heavy (non-hydrogen) atoms. The molecule has 0 saturated heterocycles. The number of carbonyl (C=O) groups is 1. The van der Waals surface area contributed by atoms with Crippen molar-refractivity contribution < 1.29 is 20.1 Å². The number of allylic oxidation sites excluding steroid dienone is 2. The SMILES string of the molecule is CCCCC(O)C/C=C/[C@H]1[C@H]2CC(CCCCC(=O)O)=C[C@H]2C[C@H]1O. The summed E-state index contributed by atoms with van der Waals surface area (Å²) in [4.78, 5) is 10.6. The van der Waals surface area contributed by atoms with Crippen LogP contribution >= 0.6 is 0 Å². The number of aliphatic hydroxyl groups is 2. The maximum Gasteiger partial charge on any atom is 0.303 e. The Labute approximate surface area is 151 Å². The zero-order valence-corrected chi connectivity index (χ0v) is 15.4. The Morgan fingerprint density at radius 1 is 1.36 bits per heavy atom. The Kier molecular flexibility index (Phi) is 8.17. The Balaban J connectivity index is 1.77. The van der Waals surface area contributed by atoms with Crippen LogP contribution in [-0.2, 0) is 4.79 Å². The van der Waals surface area contributed by atoms with E-state index in [1.165, 1.54) is 5.57 Å². The number of aliphatic carboxylic acids is 1. The zero-order chi connectivity index (χ0) is 18.2. The quantitative estimate of drug-likeness (QED) is 0.388. The molecule has 1 fully saturated rings. The van der Waals surface area contributed by atoms with Crippen molar-refractivity contribution in [2.45, 2.75) is 83.3 Å². The van der Waals surface area contributed by atoms with E-state index < -0.39 is 5.97 Å². The van der Waals surface area contributed by atoms with Crippen LogP contribution in [0, 0.1) is 17.8 Å². The molecule has 0 aromatic rings. The number of carboxylic acid groups (broad SMARTS) is 1. The van der Waals surface area contributed by atoms with E-state index in [1.54, 1.807) is 0 Å². The largest absolute Gasteiger partial charge is 0.481 e. The zero-order valence-electron chi connectivity index (χ0n) is 15.4. The molecule has 2 aliphatic carbocycles. The molecular weight excluding hydrogens is 316 g/mol. The molecule has 1 saturated carbocycles. The van der Waals surface area contributed by atoms with Crippen LogP contribution in [0.25, 0.3) is 0 Å². The maximum absolute atomic E-state index is 10.6. The Morgan fingerprint density at radius 3 is 2.88 bits per heavy atom. The summed E-state index contributed by atoms with van der Waals surface area (Å²) in [6.45, 7) is 2.13. The van der Waals surface area contributed by atoms with E-state index in [-0.39, 0.29) is 24.5 Å². The number of carboxylic acids is 1. The monoisotopic (exact) mass is 350 g/mol. The minimum Gasteiger partial charge on any atom is -0.481 e. The lowest BCUT2D eigenvalue weighted by Gasteiger charge is -2.18. The fourth-order valence-corrected chi connectivity index (χ4v) is 4.37. The van der Waals surface area contributed by atoms with Gasteiger partial charge >= 0.3 is 5.97 Å². The highest BCUT2D eigenvalue weighted by molar-refractivity contribution is 5.66. The molecular formula is C21H34O4. The lowest BCUT2D eigenvalue weighted by molar-refractivity contribution is -0.137. The first kappa shape index (κ1) is 20.2. The molecule has 2 rings (SSSR count). The highest BCUT2D eigenvalue weighted by Gasteiger charge is 2.43. The smallest absolute Gasteiger partial charge is 0.303 e. The van der Waals surface area contributed by atoms with E-state index in [1.807, 2.05) is 0 Å². The number of hydrogen-bond acceptors (Lipinski definition) is 3. The first-order valence-corrected chi connectivity index (χ1v) is 9.95.